The molecule has 1 atom stereocenters. The highest BCUT2D eigenvalue weighted by Crippen LogP contribution is 2.32. The van der Waals surface area contributed by atoms with E-state index in [0.717, 1.165) is 17.8 Å². The van der Waals surface area contributed by atoms with E-state index in [-0.39, 0.29) is 16.8 Å². The molecule has 1 N–H and O–H groups in total. The standard InChI is InChI=1S/C15H14ClF3N2/c1-10(11-5-3-2-4-6-11)8-20-14-13(16)7-12(9-21-14)15(17,18)19/h2-7,9-10H,8H2,1H3,(H,20,21). The molecule has 0 fully saturated rings. The molecule has 0 radical (unpaired) electrons. The Hall–Kier alpha value is -1.75. The minimum Gasteiger partial charge on any atom is -0.368 e. The SMILES string of the molecule is CC(CNc1ncc(C(F)(F)F)cc1Cl)c1ccccc1. The van der Waals surface area contributed by atoms with Gasteiger partial charge in [0.25, 0.3) is 0 Å². The van der Waals surface area contributed by atoms with Crippen molar-refractivity contribution >= 4 is 17.4 Å². The van der Waals surface area contributed by atoms with E-state index in [9.17, 15) is 13.2 Å². The van der Waals surface area contributed by atoms with Gasteiger partial charge >= 0.3 is 6.18 Å². The summed E-state index contributed by atoms with van der Waals surface area (Å²) in [6.07, 6.45) is -3.66. The predicted octanol–water partition coefficient (Wildman–Crippen LogP) is 4.97. The Morgan fingerprint density at radius 2 is 1.90 bits per heavy atom. The first-order valence-electron chi connectivity index (χ1n) is 6.39. The Kier molecular flexibility index (Phi) is 4.73. The molecule has 0 aliphatic heterocycles. The second-order valence-electron chi connectivity index (χ2n) is 4.74. The Morgan fingerprint density at radius 3 is 2.48 bits per heavy atom. The lowest BCUT2D eigenvalue weighted by molar-refractivity contribution is -0.137. The molecule has 0 aliphatic rings. The lowest BCUT2D eigenvalue weighted by atomic mass is 10.0. The number of alkyl halides is 3. The lowest BCUT2D eigenvalue weighted by Crippen LogP contribution is -2.12. The zero-order valence-corrected chi connectivity index (χ0v) is 12.0. The highest BCUT2D eigenvalue weighted by Gasteiger charge is 2.31. The normalized spacial score (nSPS) is 13.0. The molecule has 0 spiro atoms. The third-order valence-corrected chi connectivity index (χ3v) is 3.40. The molecule has 2 rings (SSSR count). The highest BCUT2D eigenvalue weighted by atomic mass is 35.5. The molecular weight excluding hydrogens is 301 g/mol. The van der Waals surface area contributed by atoms with Crippen molar-refractivity contribution in [2.75, 3.05) is 11.9 Å². The van der Waals surface area contributed by atoms with Gasteiger partial charge in [0.15, 0.2) is 0 Å². The van der Waals surface area contributed by atoms with Gasteiger partial charge in [-0.15, -0.1) is 0 Å². The van der Waals surface area contributed by atoms with Crippen molar-refractivity contribution in [1.82, 2.24) is 4.98 Å². The summed E-state index contributed by atoms with van der Waals surface area (Å²) in [5.74, 6) is 0.443. The summed E-state index contributed by atoms with van der Waals surface area (Å²) in [4.78, 5) is 3.75. The van der Waals surface area contributed by atoms with Gasteiger partial charge in [-0.25, -0.2) is 4.98 Å². The molecule has 1 aromatic heterocycles. The molecular formula is C15H14ClF3N2. The number of anilines is 1. The molecule has 0 saturated carbocycles. The summed E-state index contributed by atoms with van der Waals surface area (Å²) < 4.78 is 37.5. The van der Waals surface area contributed by atoms with Gasteiger partial charge in [0, 0.05) is 12.7 Å². The number of nitrogens with zero attached hydrogens (tertiary/aromatic N) is 1. The Bertz CT molecular complexity index is 600. The smallest absolute Gasteiger partial charge is 0.368 e. The maximum Gasteiger partial charge on any atom is 0.417 e. The van der Waals surface area contributed by atoms with E-state index >= 15 is 0 Å². The van der Waals surface area contributed by atoms with E-state index in [0.29, 0.717) is 6.54 Å². The molecule has 6 heteroatoms. The van der Waals surface area contributed by atoms with Crippen LogP contribution in [0.5, 0.6) is 0 Å². The molecule has 1 heterocycles. The van der Waals surface area contributed by atoms with Crippen molar-refractivity contribution in [3.05, 3.63) is 58.7 Å². The van der Waals surface area contributed by atoms with Crippen LogP contribution in [0, 0.1) is 0 Å². The summed E-state index contributed by atoms with van der Waals surface area (Å²) in [6, 6.07) is 10.7. The van der Waals surface area contributed by atoms with Crippen molar-refractivity contribution < 1.29 is 13.2 Å². The van der Waals surface area contributed by atoms with Crippen LogP contribution in [0.2, 0.25) is 5.02 Å². The number of halogens is 4. The molecule has 21 heavy (non-hydrogen) atoms. The molecule has 0 bridgehead atoms. The third kappa shape index (κ3) is 4.11. The van der Waals surface area contributed by atoms with Gasteiger partial charge in [0.2, 0.25) is 0 Å². The van der Waals surface area contributed by atoms with Gasteiger partial charge in [-0.2, -0.15) is 13.2 Å². The number of nitrogens with one attached hydrogen (secondary N) is 1. The first-order valence-corrected chi connectivity index (χ1v) is 6.77. The summed E-state index contributed by atoms with van der Waals surface area (Å²) in [5, 5.41) is 2.94. The van der Waals surface area contributed by atoms with Crippen LogP contribution in [0.15, 0.2) is 42.6 Å². The van der Waals surface area contributed by atoms with Crippen LogP contribution in [-0.2, 0) is 6.18 Å². The number of rotatable bonds is 4. The largest absolute Gasteiger partial charge is 0.417 e. The van der Waals surface area contributed by atoms with Crippen LogP contribution in [-0.4, -0.2) is 11.5 Å². The van der Waals surface area contributed by atoms with E-state index in [1.807, 2.05) is 37.3 Å². The Labute approximate surface area is 126 Å². The van der Waals surface area contributed by atoms with Crippen molar-refractivity contribution in [3.63, 3.8) is 0 Å². The van der Waals surface area contributed by atoms with Crippen LogP contribution in [0.3, 0.4) is 0 Å². The minimum absolute atomic E-state index is 0.0370. The first kappa shape index (κ1) is 15.6. The Balaban J connectivity index is 2.04. The van der Waals surface area contributed by atoms with Crippen molar-refractivity contribution in [1.29, 1.82) is 0 Å². The van der Waals surface area contributed by atoms with E-state index in [1.165, 1.54) is 0 Å². The zero-order valence-electron chi connectivity index (χ0n) is 11.3. The molecule has 0 amide bonds. The molecule has 112 valence electrons. The van der Waals surface area contributed by atoms with Crippen molar-refractivity contribution in [2.24, 2.45) is 0 Å². The second-order valence-corrected chi connectivity index (χ2v) is 5.15. The van der Waals surface area contributed by atoms with Crippen molar-refractivity contribution in [2.45, 2.75) is 19.0 Å². The van der Waals surface area contributed by atoms with Crippen LogP contribution in [0.4, 0.5) is 19.0 Å². The van der Waals surface area contributed by atoms with E-state index in [1.54, 1.807) is 0 Å². The van der Waals surface area contributed by atoms with Gasteiger partial charge in [-0.1, -0.05) is 48.9 Å². The predicted molar refractivity (Wildman–Crippen MR) is 77.6 cm³/mol. The molecule has 0 aliphatic carbocycles. The van der Waals surface area contributed by atoms with Gasteiger partial charge in [-0.05, 0) is 17.5 Å². The Morgan fingerprint density at radius 1 is 1.24 bits per heavy atom. The van der Waals surface area contributed by atoms with Crippen LogP contribution >= 0.6 is 11.6 Å². The first-order chi connectivity index (χ1) is 9.88. The summed E-state index contributed by atoms with van der Waals surface area (Å²) in [7, 11) is 0. The lowest BCUT2D eigenvalue weighted by Gasteiger charge is -2.15. The van der Waals surface area contributed by atoms with Gasteiger partial charge in [0.05, 0.1) is 10.6 Å². The molecule has 1 aromatic carbocycles. The van der Waals surface area contributed by atoms with Crippen molar-refractivity contribution in [3.8, 4) is 0 Å². The fourth-order valence-corrected chi connectivity index (χ4v) is 2.11. The van der Waals surface area contributed by atoms with E-state index in [2.05, 4.69) is 10.3 Å². The van der Waals surface area contributed by atoms with Crippen LogP contribution < -0.4 is 5.32 Å². The van der Waals surface area contributed by atoms with Gasteiger partial charge in [-0.3, -0.25) is 0 Å². The molecule has 0 saturated heterocycles. The van der Waals surface area contributed by atoms with E-state index in [4.69, 9.17) is 11.6 Å². The highest BCUT2D eigenvalue weighted by molar-refractivity contribution is 6.32. The third-order valence-electron chi connectivity index (χ3n) is 3.11. The summed E-state index contributed by atoms with van der Waals surface area (Å²) >= 11 is 5.84. The molecule has 2 aromatic rings. The zero-order chi connectivity index (χ0) is 15.5. The monoisotopic (exact) mass is 314 g/mol. The number of benzene rings is 1. The number of hydrogen-bond donors (Lipinski definition) is 1. The van der Waals surface area contributed by atoms with Gasteiger partial charge in [0.1, 0.15) is 5.82 Å². The number of pyridine rings is 1. The molecule has 1 unspecified atom stereocenters. The topological polar surface area (TPSA) is 24.9 Å². The van der Waals surface area contributed by atoms with Crippen LogP contribution in [0.1, 0.15) is 24.0 Å². The minimum atomic E-state index is -4.44. The quantitative estimate of drug-likeness (QED) is 0.862. The number of aromatic nitrogens is 1. The maximum absolute atomic E-state index is 12.5. The molecule has 2 nitrogen and oxygen atoms in total. The second kappa shape index (κ2) is 6.35. The average Bonchev–Trinajstić information content (AvgIpc) is 2.45. The summed E-state index contributed by atoms with van der Waals surface area (Å²) in [5.41, 5.74) is 0.280. The fraction of sp³-hybridized carbons (Fsp3) is 0.267. The fourth-order valence-electron chi connectivity index (χ4n) is 1.87. The van der Waals surface area contributed by atoms with Gasteiger partial charge < -0.3 is 5.32 Å². The summed E-state index contributed by atoms with van der Waals surface area (Å²) in [6.45, 7) is 2.54. The van der Waals surface area contributed by atoms with Crippen LogP contribution in [0.25, 0.3) is 0 Å². The maximum atomic E-state index is 12.5. The average molecular weight is 315 g/mol. The van der Waals surface area contributed by atoms with E-state index < -0.39 is 11.7 Å². The number of hydrogen-bond acceptors (Lipinski definition) is 2.